The summed E-state index contributed by atoms with van der Waals surface area (Å²) in [5, 5.41) is 0. The average molecular weight is 396 g/mol. The summed E-state index contributed by atoms with van der Waals surface area (Å²) in [6.45, 7) is 9.40. The van der Waals surface area contributed by atoms with Crippen LogP contribution in [-0.4, -0.2) is 31.9 Å². The van der Waals surface area contributed by atoms with Gasteiger partial charge >= 0.3 is 11.9 Å². The van der Waals surface area contributed by atoms with Gasteiger partial charge in [0.15, 0.2) is 0 Å². The number of ether oxygens (including phenoxy) is 3. The Balaban J connectivity index is 0.00000204. The molecule has 0 unspecified atom stereocenters. The Morgan fingerprint density at radius 3 is 1.76 bits per heavy atom. The summed E-state index contributed by atoms with van der Waals surface area (Å²) in [4.78, 5) is 30.0. The monoisotopic (exact) mass is 396 g/mol. The van der Waals surface area contributed by atoms with E-state index in [2.05, 4.69) is 13.2 Å². The zero-order valence-corrected chi connectivity index (χ0v) is 16.2. The highest BCUT2D eigenvalue weighted by molar-refractivity contribution is 5.81. The molecule has 0 bridgehead atoms. The molecule has 0 aliphatic heterocycles. The fourth-order valence-electron chi connectivity index (χ4n) is 2.27. The fourth-order valence-corrected chi connectivity index (χ4v) is 2.27. The lowest BCUT2D eigenvalue weighted by atomic mass is 10.0. The molecule has 6 nitrogen and oxygen atoms in total. The largest absolute Gasteiger partial charge is 0.490 e. The number of esters is 2. The molecule has 0 aliphatic rings. The molecule has 0 heterocycles. The van der Waals surface area contributed by atoms with Crippen LogP contribution in [0, 0.1) is 0 Å². The van der Waals surface area contributed by atoms with Gasteiger partial charge in [0.1, 0.15) is 32.4 Å². The lowest BCUT2D eigenvalue weighted by Gasteiger charge is -2.08. The summed E-state index contributed by atoms with van der Waals surface area (Å²) in [5.74, 6) is -0.174. The van der Waals surface area contributed by atoms with Gasteiger partial charge < -0.3 is 19.0 Å². The van der Waals surface area contributed by atoms with Crippen molar-refractivity contribution in [3.05, 3.63) is 90.5 Å². The molecule has 2 rings (SSSR count). The zero-order chi connectivity index (χ0) is 21.5. The van der Waals surface area contributed by atoms with E-state index in [4.69, 9.17) is 19.0 Å². The lowest BCUT2D eigenvalue weighted by molar-refractivity contribution is -0.139. The van der Waals surface area contributed by atoms with Crippen molar-refractivity contribution in [2.75, 3.05) is 13.2 Å². The number of rotatable bonds is 10. The van der Waals surface area contributed by atoms with Crippen LogP contribution < -0.4 is 4.74 Å². The quantitative estimate of drug-likeness (QED) is 0.348. The maximum atomic E-state index is 11.1. The van der Waals surface area contributed by atoms with E-state index in [0.717, 1.165) is 35.3 Å². The molecule has 0 amide bonds. The minimum Gasteiger partial charge on any atom is -0.490 e. The van der Waals surface area contributed by atoms with Gasteiger partial charge in [-0.3, -0.25) is 0 Å². The first-order valence-electron chi connectivity index (χ1n) is 8.77. The highest BCUT2D eigenvalue weighted by Crippen LogP contribution is 2.16. The Morgan fingerprint density at radius 2 is 1.21 bits per heavy atom. The normalized spacial score (nSPS) is 9.38. The first-order chi connectivity index (χ1) is 14.1. The number of hydrogen-bond donors (Lipinski definition) is 0. The van der Waals surface area contributed by atoms with Crippen LogP contribution >= 0.6 is 0 Å². The predicted molar refractivity (Wildman–Crippen MR) is 109 cm³/mol. The summed E-state index contributed by atoms with van der Waals surface area (Å²) in [6.07, 6.45) is 3.05. The molecule has 0 aliphatic carbocycles. The van der Waals surface area contributed by atoms with E-state index in [1.807, 2.05) is 55.3 Å². The minimum atomic E-state index is -0.459. The fraction of sp³-hybridized carbons (Fsp3) is 0.174. The second-order valence-electron chi connectivity index (χ2n) is 5.67. The van der Waals surface area contributed by atoms with E-state index >= 15 is 0 Å². The molecule has 0 spiro atoms. The maximum absolute atomic E-state index is 11.1. The molecule has 0 saturated carbocycles. The van der Waals surface area contributed by atoms with E-state index in [9.17, 15) is 9.59 Å². The summed E-state index contributed by atoms with van der Waals surface area (Å²) in [7, 11) is 0. The van der Waals surface area contributed by atoms with Gasteiger partial charge in [-0.05, 0) is 35.2 Å². The number of benzene rings is 2. The van der Waals surface area contributed by atoms with Gasteiger partial charge in [0.25, 0.3) is 0 Å². The van der Waals surface area contributed by atoms with Crippen molar-refractivity contribution in [1.29, 1.82) is 0 Å². The molecular weight excluding hydrogens is 372 g/mol. The van der Waals surface area contributed by atoms with Crippen molar-refractivity contribution in [3.8, 4) is 5.75 Å². The van der Waals surface area contributed by atoms with Gasteiger partial charge in [-0.25, -0.2) is 9.59 Å². The first-order valence-corrected chi connectivity index (χ1v) is 8.77. The van der Waals surface area contributed by atoms with Gasteiger partial charge in [-0.2, -0.15) is 0 Å². The molecule has 29 heavy (non-hydrogen) atoms. The van der Waals surface area contributed by atoms with Crippen molar-refractivity contribution in [1.82, 2.24) is 0 Å². The van der Waals surface area contributed by atoms with Crippen LogP contribution in [0.2, 0.25) is 0 Å². The number of carbonyl (C=O) groups excluding carboxylic acids is 3. The second kappa shape index (κ2) is 13.5. The SMILES string of the molecule is C=CC(=O)OCCOc1ccc(Cc2ccc(COC(=O)C=C)cc2)cc1.C=O. The van der Waals surface area contributed by atoms with Crippen LogP contribution in [0.5, 0.6) is 5.75 Å². The summed E-state index contributed by atoms with van der Waals surface area (Å²) in [6, 6.07) is 15.6. The van der Waals surface area contributed by atoms with E-state index in [1.165, 1.54) is 0 Å². The Labute approximate surface area is 170 Å². The van der Waals surface area contributed by atoms with Gasteiger partial charge in [0.2, 0.25) is 0 Å². The Hall–Kier alpha value is -3.67. The third kappa shape index (κ3) is 9.19. The highest BCUT2D eigenvalue weighted by atomic mass is 16.6. The maximum Gasteiger partial charge on any atom is 0.330 e. The van der Waals surface area contributed by atoms with Crippen molar-refractivity contribution in [2.45, 2.75) is 13.0 Å². The molecule has 152 valence electrons. The molecule has 6 heteroatoms. The highest BCUT2D eigenvalue weighted by Gasteiger charge is 2.02. The zero-order valence-electron chi connectivity index (χ0n) is 16.2. The van der Waals surface area contributed by atoms with Crippen molar-refractivity contribution < 1.29 is 28.6 Å². The Morgan fingerprint density at radius 1 is 0.724 bits per heavy atom. The standard InChI is InChI=1S/C22H22O5.CH2O/c1-3-21(23)26-14-13-25-20-11-9-18(10-12-20)15-17-5-7-19(8-6-17)16-27-22(24)4-2;1-2/h3-12H,1-2,13-16H2;1H2. The van der Waals surface area contributed by atoms with Crippen LogP contribution in [0.3, 0.4) is 0 Å². The average Bonchev–Trinajstić information content (AvgIpc) is 2.78. The van der Waals surface area contributed by atoms with Gasteiger partial charge in [0.05, 0.1) is 0 Å². The molecule has 0 radical (unpaired) electrons. The number of carbonyl (C=O) groups is 3. The predicted octanol–water partition coefficient (Wildman–Crippen LogP) is 3.43. The molecule has 0 N–H and O–H groups in total. The lowest BCUT2D eigenvalue weighted by Crippen LogP contribution is -2.10. The topological polar surface area (TPSA) is 78.9 Å². The molecule has 0 fully saturated rings. The van der Waals surface area contributed by atoms with Crippen molar-refractivity contribution in [3.63, 3.8) is 0 Å². The molecular formula is C23H24O6. The van der Waals surface area contributed by atoms with Crippen LogP contribution in [0.1, 0.15) is 16.7 Å². The molecule has 0 atom stereocenters. The molecule has 2 aromatic carbocycles. The summed E-state index contributed by atoms with van der Waals surface area (Å²) >= 11 is 0. The van der Waals surface area contributed by atoms with Crippen molar-refractivity contribution in [2.24, 2.45) is 0 Å². The van der Waals surface area contributed by atoms with E-state index < -0.39 is 11.9 Å². The van der Waals surface area contributed by atoms with Crippen LogP contribution in [-0.2, 0) is 36.9 Å². The van der Waals surface area contributed by atoms with E-state index in [1.54, 1.807) is 0 Å². The Kier molecular flexibility index (Phi) is 10.9. The van der Waals surface area contributed by atoms with Gasteiger partial charge in [-0.1, -0.05) is 49.6 Å². The van der Waals surface area contributed by atoms with Gasteiger partial charge in [0, 0.05) is 12.2 Å². The van der Waals surface area contributed by atoms with Crippen LogP contribution in [0.4, 0.5) is 0 Å². The van der Waals surface area contributed by atoms with Gasteiger partial charge in [-0.15, -0.1) is 0 Å². The smallest absolute Gasteiger partial charge is 0.330 e. The minimum absolute atomic E-state index is 0.182. The van der Waals surface area contributed by atoms with E-state index in [0.29, 0.717) is 5.75 Å². The third-order valence-electron chi connectivity index (χ3n) is 3.67. The molecule has 0 aromatic heterocycles. The first kappa shape index (κ1) is 23.4. The molecule has 0 saturated heterocycles. The number of hydrogen-bond acceptors (Lipinski definition) is 6. The Bertz CT molecular complexity index is 793. The van der Waals surface area contributed by atoms with Crippen molar-refractivity contribution >= 4 is 18.7 Å². The van der Waals surface area contributed by atoms with Crippen LogP contribution in [0.15, 0.2) is 73.8 Å². The second-order valence-corrected chi connectivity index (χ2v) is 5.67. The third-order valence-corrected chi connectivity index (χ3v) is 3.67. The summed E-state index contributed by atoms with van der Waals surface area (Å²) < 4.78 is 15.4. The van der Waals surface area contributed by atoms with E-state index in [-0.39, 0.29) is 19.8 Å². The van der Waals surface area contributed by atoms with Crippen LogP contribution in [0.25, 0.3) is 0 Å². The summed E-state index contributed by atoms with van der Waals surface area (Å²) in [5.41, 5.74) is 3.22. The molecule has 2 aromatic rings.